The van der Waals surface area contributed by atoms with Crippen molar-refractivity contribution >= 4 is 5.97 Å². The van der Waals surface area contributed by atoms with Crippen LogP contribution in [-0.2, 0) is 15.7 Å². The van der Waals surface area contributed by atoms with Gasteiger partial charge in [0, 0.05) is 6.61 Å². The molecule has 0 aromatic heterocycles. The highest BCUT2D eigenvalue weighted by Gasteiger charge is 2.34. The second-order valence-corrected chi connectivity index (χ2v) is 3.59. The van der Waals surface area contributed by atoms with Crippen LogP contribution in [0.5, 0.6) is 5.75 Å². The van der Waals surface area contributed by atoms with Gasteiger partial charge in [-0.15, -0.1) is 0 Å². The van der Waals surface area contributed by atoms with E-state index in [1.165, 1.54) is 12.1 Å². The topological polar surface area (TPSA) is 55.8 Å². The number of hydrogen-bond acceptors (Lipinski definition) is 3. The quantitative estimate of drug-likeness (QED) is 0.869. The molecule has 4 nitrogen and oxygen atoms in total. The summed E-state index contributed by atoms with van der Waals surface area (Å²) in [5.74, 6) is -1.70. The van der Waals surface area contributed by atoms with Crippen LogP contribution in [0.25, 0.3) is 0 Å². The standard InChI is InChI=1S/C12H13F3O4/c1-2-18-10(11(16)17)7-19-9-6-4-3-5-8(9)12(13,14)15/h3-6,10H,2,7H2,1H3,(H,16,17). The maximum absolute atomic E-state index is 12.7. The number of rotatable bonds is 6. The first-order valence-electron chi connectivity index (χ1n) is 5.49. The third kappa shape index (κ3) is 4.44. The molecule has 0 aliphatic heterocycles. The van der Waals surface area contributed by atoms with E-state index in [-0.39, 0.29) is 6.61 Å². The Morgan fingerprint density at radius 2 is 2.00 bits per heavy atom. The van der Waals surface area contributed by atoms with Gasteiger partial charge in [0.25, 0.3) is 0 Å². The van der Waals surface area contributed by atoms with Crippen LogP contribution in [0.4, 0.5) is 13.2 Å². The lowest BCUT2D eigenvalue weighted by atomic mass is 10.2. The fourth-order valence-corrected chi connectivity index (χ4v) is 1.38. The van der Waals surface area contributed by atoms with Crippen molar-refractivity contribution in [2.45, 2.75) is 19.2 Å². The predicted molar refractivity (Wildman–Crippen MR) is 60.0 cm³/mol. The normalized spacial score (nSPS) is 13.1. The van der Waals surface area contributed by atoms with Crippen LogP contribution in [0.2, 0.25) is 0 Å². The predicted octanol–water partition coefficient (Wildman–Crippen LogP) is 2.57. The smallest absolute Gasteiger partial charge is 0.419 e. The molecule has 1 aromatic carbocycles. The Labute approximate surface area is 107 Å². The van der Waals surface area contributed by atoms with Crippen molar-refractivity contribution in [1.82, 2.24) is 0 Å². The van der Waals surface area contributed by atoms with Crippen LogP contribution in [0.15, 0.2) is 24.3 Å². The molecule has 0 aliphatic rings. The van der Waals surface area contributed by atoms with Gasteiger partial charge in [-0.1, -0.05) is 12.1 Å². The van der Waals surface area contributed by atoms with Crippen LogP contribution in [0.1, 0.15) is 12.5 Å². The van der Waals surface area contributed by atoms with Crippen molar-refractivity contribution < 1.29 is 32.5 Å². The Morgan fingerprint density at radius 3 is 2.53 bits per heavy atom. The molecule has 0 saturated carbocycles. The van der Waals surface area contributed by atoms with Crippen LogP contribution >= 0.6 is 0 Å². The Kier molecular flexibility index (Phi) is 5.17. The third-order valence-electron chi connectivity index (χ3n) is 2.23. The molecule has 0 radical (unpaired) electrons. The second-order valence-electron chi connectivity index (χ2n) is 3.59. The highest BCUT2D eigenvalue weighted by atomic mass is 19.4. The Balaban J connectivity index is 2.80. The largest absolute Gasteiger partial charge is 0.490 e. The molecule has 0 aliphatic carbocycles. The summed E-state index contributed by atoms with van der Waals surface area (Å²) < 4.78 is 47.7. The molecule has 0 amide bonds. The summed E-state index contributed by atoms with van der Waals surface area (Å²) in [6.45, 7) is 1.22. The zero-order valence-electron chi connectivity index (χ0n) is 10.1. The zero-order chi connectivity index (χ0) is 14.5. The number of aliphatic carboxylic acids is 1. The van der Waals surface area contributed by atoms with Gasteiger partial charge in [-0.3, -0.25) is 0 Å². The molecule has 106 valence electrons. The SMILES string of the molecule is CCOC(COc1ccccc1C(F)(F)F)C(=O)O. The average Bonchev–Trinajstić information content (AvgIpc) is 2.33. The minimum absolute atomic E-state index is 0.126. The number of benzene rings is 1. The first-order chi connectivity index (χ1) is 8.86. The fraction of sp³-hybridized carbons (Fsp3) is 0.417. The molecule has 19 heavy (non-hydrogen) atoms. The molecule has 0 spiro atoms. The van der Waals surface area contributed by atoms with Crippen LogP contribution in [0.3, 0.4) is 0 Å². The molecule has 1 rings (SSSR count). The van der Waals surface area contributed by atoms with Gasteiger partial charge in [0.1, 0.15) is 12.4 Å². The van der Waals surface area contributed by atoms with E-state index in [9.17, 15) is 18.0 Å². The highest BCUT2D eigenvalue weighted by Crippen LogP contribution is 2.35. The molecule has 0 heterocycles. The van der Waals surface area contributed by atoms with Gasteiger partial charge >= 0.3 is 12.1 Å². The van der Waals surface area contributed by atoms with Gasteiger partial charge in [-0.2, -0.15) is 13.2 Å². The van der Waals surface area contributed by atoms with Gasteiger partial charge in [-0.25, -0.2) is 4.79 Å². The summed E-state index contributed by atoms with van der Waals surface area (Å²) in [6, 6.07) is 4.60. The number of carbonyl (C=O) groups is 1. The maximum Gasteiger partial charge on any atom is 0.419 e. The lowest BCUT2D eigenvalue weighted by Gasteiger charge is -2.16. The first kappa shape index (κ1) is 15.3. The van der Waals surface area contributed by atoms with Crippen molar-refractivity contribution in [2.75, 3.05) is 13.2 Å². The number of carboxylic acids is 1. The molecule has 1 N–H and O–H groups in total. The summed E-state index contributed by atoms with van der Waals surface area (Å²) in [6.07, 6.45) is -5.85. The van der Waals surface area contributed by atoms with Crippen molar-refractivity contribution in [3.05, 3.63) is 29.8 Å². The molecule has 0 fully saturated rings. The minimum atomic E-state index is -4.55. The lowest BCUT2D eigenvalue weighted by molar-refractivity contribution is -0.152. The molecular formula is C12H13F3O4. The minimum Gasteiger partial charge on any atom is -0.490 e. The van der Waals surface area contributed by atoms with Crippen molar-refractivity contribution in [1.29, 1.82) is 0 Å². The molecule has 7 heteroatoms. The van der Waals surface area contributed by atoms with Crippen LogP contribution in [0, 0.1) is 0 Å². The van der Waals surface area contributed by atoms with Gasteiger partial charge < -0.3 is 14.6 Å². The molecule has 1 unspecified atom stereocenters. The number of alkyl halides is 3. The van der Waals surface area contributed by atoms with Crippen LogP contribution < -0.4 is 4.74 Å². The lowest BCUT2D eigenvalue weighted by Crippen LogP contribution is -2.31. The summed E-state index contributed by atoms with van der Waals surface area (Å²) in [5.41, 5.74) is -0.948. The second kappa shape index (κ2) is 6.42. The summed E-state index contributed by atoms with van der Waals surface area (Å²) >= 11 is 0. The summed E-state index contributed by atoms with van der Waals surface area (Å²) in [7, 11) is 0. The van der Waals surface area contributed by atoms with E-state index >= 15 is 0 Å². The van der Waals surface area contributed by atoms with Crippen LogP contribution in [-0.4, -0.2) is 30.4 Å². The summed E-state index contributed by atoms with van der Waals surface area (Å²) in [4.78, 5) is 10.8. The number of ether oxygens (including phenoxy) is 2. The van der Waals surface area contributed by atoms with Gasteiger partial charge in [-0.05, 0) is 19.1 Å². The van der Waals surface area contributed by atoms with E-state index in [2.05, 4.69) is 0 Å². The van der Waals surface area contributed by atoms with Crippen molar-refractivity contribution in [3.8, 4) is 5.75 Å². The monoisotopic (exact) mass is 278 g/mol. The number of halogens is 3. The first-order valence-corrected chi connectivity index (χ1v) is 5.49. The van der Waals surface area contributed by atoms with Crippen molar-refractivity contribution in [3.63, 3.8) is 0 Å². The van der Waals surface area contributed by atoms with Crippen molar-refractivity contribution in [2.24, 2.45) is 0 Å². The van der Waals surface area contributed by atoms with E-state index in [4.69, 9.17) is 14.6 Å². The third-order valence-corrected chi connectivity index (χ3v) is 2.23. The number of para-hydroxylation sites is 1. The molecule has 0 saturated heterocycles. The van der Waals surface area contributed by atoms with E-state index in [0.29, 0.717) is 0 Å². The van der Waals surface area contributed by atoms with E-state index in [1.807, 2.05) is 0 Å². The molecule has 1 aromatic rings. The molecule has 0 bridgehead atoms. The fourth-order valence-electron chi connectivity index (χ4n) is 1.38. The average molecular weight is 278 g/mol. The van der Waals surface area contributed by atoms with Gasteiger partial charge in [0.05, 0.1) is 5.56 Å². The molecular weight excluding hydrogens is 265 g/mol. The summed E-state index contributed by atoms with van der Waals surface area (Å²) in [5, 5.41) is 8.78. The number of carboxylic acid groups (broad SMARTS) is 1. The van der Waals surface area contributed by atoms with E-state index in [0.717, 1.165) is 12.1 Å². The maximum atomic E-state index is 12.7. The number of hydrogen-bond donors (Lipinski definition) is 1. The highest BCUT2D eigenvalue weighted by molar-refractivity contribution is 5.72. The van der Waals surface area contributed by atoms with E-state index in [1.54, 1.807) is 6.92 Å². The zero-order valence-corrected chi connectivity index (χ0v) is 10.1. The van der Waals surface area contributed by atoms with E-state index < -0.39 is 36.2 Å². The Morgan fingerprint density at radius 1 is 1.37 bits per heavy atom. The van der Waals surface area contributed by atoms with Gasteiger partial charge in [0.15, 0.2) is 6.10 Å². The Bertz CT molecular complexity index is 431. The Hall–Kier alpha value is -1.76. The molecule has 1 atom stereocenters. The van der Waals surface area contributed by atoms with Gasteiger partial charge in [0.2, 0.25) is 0 Å².